The molecular formula is C8H15N3S. The number of likely N-dealkylation sites (N-methyl/N-ethyl adjacent to an activating group) is 1. The topological polar surface area (TPSA) is 37.8 Å². The van der Waals surface area contributed by atoms with Gasteiger partial charge in [0.2, 0.25) is 0 Å². The van der Waals surface area contributed by atoms with E-state index in [1.807, 2.05) is 14.0 Å². The molecule has 0 spiro atoms. The second-order valence-electron chi connectivity index (χ2n) is 2.81. The highest BCUT2D eigenvalue weighted by atomic mass is 32.1. The molecule has 1 rings (SSSR count). The van der Waals surface area contributed by atoms with Crippen LogP contribution in [-0.4, -0.2) is 23.3 Å². The van der Waals surface area contributed by atoms with E-state index in [4.69, 9.17) is 0 Å². The molecule has 0 saturated heterocycles. The summed E-state index contributed by atoms with van der Waals surface area (Å²) >= 11 is 1.68. The number of rotatable bonds is 4. The number of nitrogens with zero attached hydrogens (tertiary/aromatic N) is 2. The lowest BCUT2D eigenvalue weighted by Gasteiger charge is -2.10. The molecule has 0 fully saturated rings. The lowest BCUT2D eigenvalue weighted by Crippen LogP contribution is -2.26. The number of hydrogen-bond donors (Lipinski definition) is 1. The highest BCUT2D eigenvalue weighted by Crippen LogP contribution is 2.11. The van der Waals surface area contributed by atoms with Crippen LogP contribution >= 0.6 is 11.3 Å². The van der Waals surface area contributed by atoms with Crippen molar-refractivity contribution in [1.29, 1.82) is 0 Å². The zero-order chi connectivity index (χ0) is 8.97. The first kappa shape index (κ1) is 9.61. The van der Waals surface area contributed by atoms with E-state index in [1.165, 1.54) is 0 Å². The highest BCUT2D eigenvalue weighted by molar-refractivity contribution is 7.11. The van der Waals surface area contributed by atoms with E-state index in [0.29, 0.717) is 6.04 Å². The van der Waals surface area contributed by atoms with Gasteiger partial charge in [0.25, 0.3) is 0 Å². The van der Waals surface area contributed by atoms with Crippen LogP contribution in [0.5, 0.6) is 0 Å². The summed E-state index contributed by atoms with van der Waals surface area (Å²) < 4.78 is 0. The van der Waals surface area contributed by atoms with Crippen LogP contribution in [0.25, 0.3) is 0 Å². The van der Waals surface area contributed by atoms with Crippen molar-refractivity contribution in [3.63, 3.8) is 0 Å². The van der Waals surface area contributed by atoms with Gasteiger partial charge in [-0.1, -0.05) is 6.92 Å². The second-order valence-corrected chi connectivity index (χ2v) is 4.08. The minimum atomic E-state index is 0.539. The van der Waals surface area contributed by atoms with E-state index in [2.05, 4.69) is 22.4 Å². The molecule has 12 heavy (non-hydrogen) atoms. The fourth-order valence-electron chi connectivity index (χ4n) is 1.08. The van der Waals surface area contributed by atoms with E-state index in [1.54, 1.807) is 11.3 Å². The molecule has 1 heterocycles. The van der Waals surface area contributed by atoms with Crippen LogP contribution in [0, 0.1) is 6.92 Å². The molecule has 0 bridgehead atoms. The maximum Gasteiger partial charge on any atom is 0.118 e. The van der Waals surface area contributed by atoms with Crippen molar-refractivity contribution in [3.05, 3.63) is 10.0 Å². The molecular weight excluding hydrogens is 170 g/mol. The first-order valence-electron chi connectivity index (χ1n) is 4.22. The van der Waals surface area contributed by atoms with Crippen LogP contribution < -0.4 is 5.32 Å². The van der Waals surface area contributed by atoms with Crippen molar-refractivity contribution in [1.82, 2.24) is 15.5 Å². The van der Waals surface area contributed by atoms with Crippen LogP contribution in [0.2, 0.25) is 0 Å². The van der Waals surface area contributed by atoms with Gasteiger partial charge in [-0.3, -0.25) is 0 Å². The summed E-state index contributed by atoms with van der Waals surface area (Å²) in [6, 6.07) is 0.539. The fourth-order valence-corrected chi connectivity index (χ4v) is 1.87. The Hall–Kier alpha value is -0.480. The smallest absolute Gasteiger partial charge is 0.118 e. The summed E-state index contributed by atoms with van der Waals surface area (Å²) in [5, 5.41) is 13.5. The molecule has 1 atom stereocenters. The molecule has 0 saturated carbocycles. The van der Waals surface area contributed by atoms with Crippen LogP contribution in [-0.2, 0) is 6.42 Å². The van der Waals surface area contributed by atoms with Crippen molar-refractivity contribution in [3.8, 4) is 0 Å². The molecule has 0 amide bonds. The fraction of sp³-hybridized carbons (Fsp3) is 0.750. The lowest BCUT2D eigenvalue weighted by molar-refractivity contribution is 0.540. The lowest BCUT2D eigenvalue weighted by atomic mass is 10.2. The van der Waals surface area contributed by atoms with Gasteiger partial charge in [0.1, 0.15) is 10.0 Å². The van der Waals surface area contributed by atoms with Crippen LogP contribution in [0.4, 0.5) is 0 Å². The predicted molar refractivity (Wildman–Crippen MR) is 51.5 cm³/mol. The molecule has 1 aromatic rings. The third-order valence-electron chi connectivity index (χ3n) is 1.89. The second kappa shape index (κ2) is 4.52. The third-order valence-corrected chi connectivity index (χ3v) is 2.75. The van der Waals surface area contributed by atoms with E-state index >= 15 is 0 Å². The average Bonchev–Trinajstić information content (AvgIpc) is 2.47. The first-order valence-corrected chi connectivity index (χ1v) is 5.04. The van der Waals surface area contributed by atoms with Gasteiger partial charge < -0.3 is 5.32 Å². The van der Waals surface area contributed by atoms with Gasteiger partial charge >= 0.3 is 0 Å². The Morgan fingerprint density at radius 3 is 2.67 bits per heavy atom. The van der Waals surface area contributed by atoms with Gasteiger partial charge in [-0.2, -0.15) is 0 Å². The molecule has 1 N–H and O–H groups in total. The summed E-state index contributed by atoms with van der Waals surface area (Å²) in [6.45, 7) is 4.16. The van der Waals surface area contributed by atoms with Crippen molar-refractivity contribution >= 4 is 11.3 Å². The molecule has 0 aliphatic carbocycles. The number of nitrogens with one attached hydrogen (secondary N) is 1. The Morgan fingerprint density at radius 2 is 2.25 bits per heavy atom. The standard InChI is InChI=1S/C8H15N3S/c1-4-7(9-3)5-8-11-10-6(2)12-8/h7,9H,4-5H2,1-3H3. The Balaban J connectivity index is 2.50. The van der Waals surface area contributed by atoms with E-state index in [-0.39, 0.29) is 0 Å². The van der Waals surface area contributed by atoms with Crippen molar-refractivity contribution in [2.75, 3.05) is 7.05 Å². The van der Waals surface area contributed by atoms with Crippen molar-refractivity contribution in [2.24, 2.45) is 0 Å². The Labute approximate surface area is 77.2 Å². The van der Waals surface area contributed by atoms with Crippen LogP contribution in [0.1, 0.15) is 23.4 Å². The molecule has 1 unspecified atom stereocenters. The molecule has 4 heteroatoms. The molecule has 1 aromatic heterocycles. The molecule has 0 aliphatic rings. The Morgan fingerprint density at radius 1 is 1.50 bits per heavy atom. The summed E-state index contributed by atoms with van der Waals surface area (Å²) in [6.07, 6.45) is 2.13. The van der Waals surface area contributed by atoms with Crippen molar-refractivity contribution < 1.29 is 0 Å². The van der Waals surface area contributed by atoms with Gasteiger partial charge in [0.15, 0.2) is 0 Å². The minimum Gasteiger partial charge on any atom is -0.317 e. The number of hydrogen-bond acceptors (Lipinski definition) is 4. The van der Waals surface area contributed by atoms with Crippen LogP contribution in [0.15, 0.2) is 0 Å². The SMILES string of the molecule is CCC(Cc1nnc(C)s1)NC. The van der Waals surface area contributed by atoms with Gasteiger partial charge in [0.05, 0.1) is 0 Å². The van der Waals surface area contributed by atoms with E-state index in [0.717, 1.165) is 22.9 Å². The van der Waals surface area contributed by atoms with Gasteiger partial charge in [-0.05, 0) is 20.4 Å². The zero-order valence-corrected chi connectivity index (χ0v) is 8.61. The van der Waals surface area contributed by atoms with Gasteiger partial charge in [-0.25, -0.2) is 0 Å². The summed E-state index contributed by atoms with van der Waals surface area (Å²) in [5.74, 6) is 0. The molecule has 0 aliphatic heterocycles. The summed E-state index contributed by atoms with van der Waals surface area (Å²) in [5.41, 5.74) is 0. The summed E-state index contributed by atoms with van der Waals surface area (Å²) in [7, 11) is 1.99. The first-order chi connectivity index (χ1) is 5.76. The van der Waals surface area contributed by atoms with E-state index < -0.39 is 0 Å². The van der Waals surface area contributed by atoms with Gasteiger partial charge in [-0.15, -0.1) is 21.5 Å². The molecule has 0 radical (unpaired) electrons. The highest BCUT2D eigenvalue weighted by Gasteiger charge is 2.07. The quantitative estimate of drug-likeness (QED) is 0.770. The van der Waals surface area contributed by atoms with Crippen LogP contribution in [0.3, 0.4) is 0 Å². The number of aromatic nitrogens is 2. The summed E-state index contributed by atoms with van der Waals surface area (Å²) in [4.78, 5) is 0. The van der Waals surface area contributed by atoms with E-state index in [9.17, 15) is 0 Å². The zero-order valence-electron chi connectivity index (χ0n) is 7.79. The Kier molecular flexibility index (Phi) is 3.62. The monoisotopic (exact) mass is 185 g/mol. The maximum atomic E-state index is 4.08. The molecule has 3 nitrogen and oxygen atoms in total. The predicted octanol–water partition coefficient (Wildman–Crippen LogP) is 1.39. The number of aryl methyl sites for hydroxylation is 1. The molecule has 0 aromatic carbocycles. The minimum absolute atomic E-state index is 0.539. The maximum absolute atomic E-state index is 4.08. The normalized spacial score (nSPS) is 13.2. The molecule has 68 valence electrons. The largest absolute Gasteiger partial charge is 0.317 e. The van der Waals surface area contributed by atoms with Crippen molar-refractivity contribution in [2.45, 2.75) is 32.7 Å². The Bertz CT molecular complexity index is 230. The average molecular weight is 185 g/mol. The third kappa shape index (κ3) is 2.53. The van der Waals surface area contributed by atoms with Gasteiger partial charge in [0, 0.05) is 12.5 Å².